The maximum atomic E-state index is 13.1. The van der Waals surface area contributed by atoms with Crippen LogP contribution in [0.1, 0.15) is 54.4 Å². The van der Waals surface area contributed by atoms with Crippen LogP contribution in [0.25, 0.3) is 0 Å². The van der Waals surface area contributed by atoms with E-state index in [1.165, 1.54) is 0 Å². The van der Waals surface area contributed by atoms with Gasteiger partial charge in [-0.3, -0.25) is 4.57 Å². The summed E-state index contributed by atoms with van der Waals surface area (Å²) in [6, 6.07) is -0.585. The zero-order valence-electron chi connectivity index (χ0n) is 14.5. The molecule has 0 saturated carbocycles. The van der Waals surface area contributed by atoms with E-state index in [4.69, 9.17) is 13.8 Å². The lowest BCUT2D eigenvalue weighted by Gasteiger charge is -2.28. The molecule has 0 heterocycles. The zero-order chi connectivity index (χ0) is 17.3. The summed E-state index contributed by atoms with van der Waals surface area (Å²) in [5.41, 5.74) is 0. The van der Waals surface area contributed by atoms with Crippen LogP contribution in [-0.2, 0) is 18.3 Å². The van der Waals surface area contributed by atoms with E-state index in [0.29, 0.717) is 12.8 Å². The third-order valence-electron chi connectivity index (χ3n) is 3.25. The third kappa shape index (κ3) is 6.95. The molecule has 0 fully saturated rings. The van der Waals surface area contributed by atoms with Crippen molar-refractivity contribution in [3.8, 4) is 0 Å². The minimum absolute atomic E-state index is 0.223. The molecule has 0 aromatic carbocycles. The van der Waals surface area contributed by atoms with Gasteiger partial charge in [0.1, 0.15) is 0 Å². The summed E-state index contributed by atoms with van der Waals surface area (Å²) in [6.07, 6.45) is 0.333. The van der Waals surface area contributed by atoms with Crippen molar-refractivity contribution < 1.29 is 23.1 Å². The van der Waals surface area contributed by atoms with E-state index in [1.807, 2.05) is 27.7 Å². The predicted octanol–water partition coefficient (Wildman–Crippen LogP) is 4.46. The highest BCUT2D eigenvalue weighted by molar-refractivity contribution is 7.58. The Kier molecular flexibility index (Phi) is 9.65. The summed E-state index contributed by atoms with van der Waals surface area (Å²) in [4.78, 5) is 11.5. The second-order valence-corrected chi connectivity index (χ2v) is 7.21. The van der Waals surface area contributed by atoms with Gasteiger partial charge < -0.3 is 19.1 Å². The predicted molar refractivity (Wildman–Crippen MR) is 88.0 cm³/mol. The quantitative estimate of drug-likeness (QED) is 0.597. The van der Waals surface area contributed by atoms with Gasteiger partial charge in [-0.1, -0.05) is 20.4 Å². The lowest BCUT2D eigenvalue weighted by Crippen LogP contribution is -2.35. The Morgan fingerprint density at radius 1 is 1.09 bits per heavy atom. The second kappa shape index (κ2) is 10.0. The topological polar surface area (TPSA) is 73.9 Å². The van der Waals surface area contributed by atoms with Crippen molar-refractivity contribution >= 4 is 13.7 Å². The van der Waals surface area contributed by atoms with E-state index < -0.39 is 19.7 Å². The van der Waals surface area contributed by atoms with Crippen LogP contribution in [0.15, 0.2) is 11.9 Å². The van der Waals surface area contributed by atoms with Crippen LogP contribution >= 0.6 is 7.60 Å². The van der Waals surface area contributed by atoms with E-state index in [1.54, 1.807) is 13.8 Å². The molecule has 0 aromatic heterocycles. The molecule has 130 valence electrons. The monoisotopic (exact) mass is 335 g/mol. The van der Waals surface area contributed by atoms with Gasteiger partial charge >= 0.3 is 13.7 Å². The van der Waals surface area contributed by atoms with Gasteiger partial charge in [0, 0.05) is 0 Å². The van der Waals surface area contributed by atoms with Crippen LogP contribution in [0.3, 0.4) is 0 Å². The number of amides is 1. The van der Waals surface area contributed by atoms with E-state index in [2.05, 4.69) is 11.9 Å². The lowest BCUT2D eigenvalue weighted by atomic mass is 10.3. The molecule has 1 N–H and O–H groups in total. The van der Waals surface area contributed by atoms with Crippen molar-refractivity contribution in [3.05, 3.63) is 11.9 Å². The molecule has 0 spiro atoms. The first kappa shape index (κ1) is 21.2. The molecule has 0 rings (SSSR count). The maximum Gasteiger partial charge on any atom is 0.407 e. The first-order valence-electron chi connectivity index (χ1n) is 7.79. The van der Waals surface area contributed by atoms with Crippen molar-refractivity contribution in [3.63, 3.8) is 0 Å². The van der Waals surface area contributed by atoms with E-state index in [9.17, 15) is 9.36 Å². The fourth-order valence-electron chi connectivity index (χ4n) is 1.45. The summed E-state index contributed by atoms with van der Waals surface area (Å²) in [7, 11) is -3.55. The van der Waals surface area contributed by atoms with Crippen LogP contribution in [0.5, 0.6) is 0 Å². The molecular weight excluding hydrogens is 305 g/mol. The summed E-state index contributed by atoms with van der Waals surface area (Å²) in [5, 5.41) is 2.80. The van der Waals surface area contributed by atoms with Gasteiger partial charge in [-0.25, -0.2) is 4.79 Å². The SMILES string of the molecule is C=C(C(C)NC(=O)OCC)P(=O)(O[C@@H](C)CC)O[C@@H](C)CC. The average molecular weight is 335 g/mol. The highest BCUT2D eigenvalue weighted by Crippen LogP contribution is 2.58. The first-order chi connectivity index (χ1) is 10.2. The van der Waals surface area contributed by atoms with Crippen molar-refractivity contribution in [1.29, 1.82) is 0 Å². The Hall–Kier alpha value is -0.840. The molecule has 0 bridgehead atoms. The van der Waals surface area contributed by atoms with Gasteiger partial charge in [0.2, 0.25) is 0 Å². The van der Waals surface area contributed by atoms with Crippen molar-refractivity contribution in [2.75, 3.05) is 6.61 Å². The molecule has 0 radical (unpaired) electrons. The highest BCUT2D eigenvalue weighted by Gasteiger charge is 2.36. The smallest absolute Gasteiger partial charge is 0.407 e. The first-order valence-corrected chi connectivity index (χ1v) is 9.33. The fraction of sp³-hybridized carbons (Fsp3) is 0.800. The molecule has 1 amide bonds. The summed E-state index contributed by atoms with van der Waals surface area (Å²) in [6.45, 7) is 15.0. The minimum atomic E-state index is -3.55. The molecule has 6 nitrogen and oxygen atoms in total. The summed E-state index contributed by atoms with van der Waals surface area (Å²) < 4.78 is 29.2. The molecule has 3 atom stereocenters. The van der Waals surface area contributed by atoms with Gasteiger partial charge in [-0.2, -0.15) is 0 Å². The zero-order valence-corrected chi connectivity index (χ0v) is 15.4. The van der Waals surface area contributed by atoms with Crippen LogP contribution in [0, 0.1) is 0 Å². The number of hydrogen-bond acceptors (Lipinski definition) is 5. The largest absolute Gasteiger partial charge is 0.450 e. The Labute approximate surface area is 134 Å². The molecule has 0 saturated heterocycles. The fourth-order valence-corrected chi connectivity index (χ4v) is 3.56. The molecule has 0 aliphatic carbocycles. The molecule has 1 unspecified atom stereocenters. The number of carbonyl (C=O) groups excluding carboxylic acids is 1. The van der Waals surface area contributed by atoms with Crippen LogP contribution in [0.2, 0.25) is 0 Å². The number of alkyl carbamates (subject to hydrolysis) is 1. The average Bonchev–Trinajstić information content (AvgIpc) is 2.45. The molecular formula is C15H30NO5P. The van der Waals surface area contributed by atoms with Crippen LogP contribution in [-0.4, -0.2) is 30.9 Å². The lowest BCUT2D eigenvalue weighted by molar-refractivity contribution is 0.126. The number of carbonyl (C=O) groups is 1. The standard InChI is InChI=1S/C15H30NO5P/c1-8-11(4)20-22(18,21-12(5)9-2)14(7)13(6)16-15(17)19-10-3/h11-13H,7-10H2,1-6H3,(H,16,17)/t11-,12-,13?/m0/s1. The normalized spacial score (nSPS) is 15.7. The van der Waals surface area contributed by atoms with Crippen LogP contribution in [0.4, 0.5) is 4.79 Å². The number of ether oxygens (including phenoxy) is 1. The molecule has 0 aliphatic heterocycles. The molecule has 0 aliphatic rings. The van der Waals surface area contributed by atoms with E-state index in [-0.39, 0.29) is 24.1 Å². The Balaban J connectivity index is 5.09. The second-order valence-electron chi connectivity index (χ2n) is 5.22. The number of hydrogen-bond donors (Lipinski definition) is 1. The number of nitrogens with one attached hydrogen (secondary N) is 1. The Morgan fingerprint density at radius 2 is 1.55 bits per heavy atom. The summed E-state index contributed by atoms with van der Waals surface area (Å²) in [5.74, 6) is 0. The Bertz CT molecular complexity index is 397. The van der Waals surface area contributed by atoms with E-state index in [0.717, 1.165) is 0 Å². The third-order valence-corrected chi connectivity index (χ3v) is 5.61. The van der Waals surface area contributed by atoms with Gasteiger partial charge in [-0.05, 0) is 40.5 Å². The minimum Gasteiger partial charge on any atom is -0.450 e. The summed E-state index contributed by atoms with van der Waals surface area (Å²) >= 11 is 0. The molecule has 22 heavy (non-hydrogen) atoms. The Morgan fingerprint density at radius 3 is 1.91 bits per heavy atom. The number of rotatable bonds is 10. The van der Waals surface area contributed by atoms with Gasteiger partial charge in [0.25, 0.3) is 0 Å². The molecule has 0 aromatic rings. The van der Waals surface area contributed by atoms with Crippen molar-refractivity contribution in [2.24, 2.45) is 0 Å². The van der Waals surface area contributed by atoms with Crippen molar-refractivity contribution in [2.45, 2.75) is 72.6 Å². The van der Waals surface area contributed by atoms with Crippen molar-refractivity contribution in [1.82, 2.24) is 5.32 Å². The van der Waals surface area contributed by atoms with Gasteiger partial charge in [-0.15, -0.1) is 0 Å². The maximum absolute atomic E-state index is 13.1. The van der Waals surface area contributed by atoms with Crippen LogP contribution < -0.4 is 5.32 Å². The van der Waals surface area contributed by atoms with Gasteiger partial charge in [0.05, 0.1) is 30.2 Å². The molecule has 7 heteroatoms. The van der Waals surface area contributed by atoms with Gasteiger partial charge in [0.15, 0.2) is 0 Å². The van der Waals surface area contributed by atoms with E-state index >= 15 is 0 Å². The highest BCUT2D eigenvalue weighted by atomic mass is 31.2.